The van der Waals surface area contributed by atoms with Gasteiger partial charge in [-0.15, -0.1) is 0 Å². The molecular weight excluding hydrogens is 298 g/mol. The predicted molar refractivity (Wildman–Crippen MR) is 82.1 cm³/mol. The summed E-state index contributed by atoms with van der Waals surface area (Å²) >= 11 is 0. The summed E-state index contributed by atoms with van der Waals surface area (Å²) in [7, 11) is 2.90. The molecule has 1 atom stereocenters. The van der Waals surface area contributed by atoms with Gasteiger partial charge in [0.1, 0.15) is 23.5 Å². The van der Waals surface area contributed by atoms with Crippen LogP contribution in [0.5, 0.6) is 0 Å². The molecule has 0 aliphatic carbocycles. The number of fused-ring (bicyclic) bond motifs is 1. The van der Waals surface area contributed by atoms with E-state index in [4.69, 9.17) is 0 Å². The number of hydrogen-bond acceptors (Lipinski definition) is 6. The standard InChI is InChI=1S/C14H17N7O2/c1-8-16-11-5-4-9(7-21(11)18-8)17-12-10(6-15)13(22)20(3)14(23)19(12)2/h9,17H,4-5,7H2,1-3H3/t9-/m1/s1. The van der Waals surface area contributed by atoms with Crippen LogP contribution >= 0.6 is 0 Å². The summed E-state index contributed by atoms with van der Waals surface area (Å²) in [4.78, 5) is 28.5. The zero-order chi connectivity index (χ0) is 16.7. The highest BCUT2D eigenvalue weighted by Gasteiger charge is 2.24. The lowest BCUT2D eigenvalue weighted by atomic mass is 10.1. The lowest BCUT2D eigenvalue weighted by Gasteiger charge is -2.25. The van der Waals surface area contributed by atoms with Crippen LogP contribution in [-0.4, -0.2) is 29.9 Å². The molecule has 0 spiro atoms. The fraction of sp³-hybridized carbons (Fsp3) is 0.500. The van der Waals surface area contributed by atoms with Crippen LogP contribution in [-0.2, 0) is 27.1 Å². The van der Waals surface area contributed by atoms with Crippen LogP contribution in [0.2, 0.25) is 0 Å². The second kappa shape index (κ2) is 5.39. The summed E-state index contributed by atoms with van der Waals surface area (Å²) in [5, 5.41) is 16.8. The molecule has 0 saturated heterocycles. The van der Waals surface area contributed by atoms with Crippen molar-refractivity contribution in [1.29, 1.82) is 5.26 Å². The molecule has 3 rings (SSSR count). The second-order valence-electron chi connectivity index (χ2n) is 5.68. The third kappa shape index (κ3) is 2.42. The molecule has 1 aliphatic rings. The van der Waals surface area contributed by atoms with Gasteiger partial charge in [-0.3, -0.25) is 13.9 Å². The van der Waals surface area contributed by atoms with Gasteiger partial charge in [-0.05, 0) is 13.3 Å². The van der Waals surface area contributed by atoms with E-state index in [0.717, 1.165) is 29.1 Å². The van der Waals surface area contributed by atoms with Crippen LogP contribution in [0.15, 0.2) is 9.59 Å². The van der Waals surface area contributed by atoms with Gasteiger partial charge in [-0.1, -0.05) is 0 Å². The summed E-state index contributed by atoms with van der Waals surface area (Å²) in [6.07, 6.45) is 1.53. The van der Waals surface area contributed by atoms with Crippen molar-refractivity contribution in [3.63, 3.8) is 0 Å². The zero-order valence-corrected chi connectivity index (χ0v) is 13.2. The van der Waals surface area contributed by atoms with Gasteiger partial charge in [0.2, 0.25) is 0 Å². The van der Waals surface area contributed by atoms with Gasteiger partial charge in [0.25, 0.3) is 5.56 Å². The molecule has 1 aliphatic heterocycles. The van der Waals surface area contributed by atoms with Crippen LogP contribution in [0.3, 0.4) is 0 Å². The summed E-state index contributed by atoms with van der Waals surface area (Å²) in [6.45, 7) is 2.41. The topological polar surface area (TPSA) is 111 Å². The Balaban J connectivity index is 1.97. The number of aromatic nitrogens is 5. The minimum Gasteiger partial charge on any atom is -0.365 e. The molecule has 9 heteroatoms. The molecule has 2 aromatic rings. The first kappa shape index (κ1) is 15.0. The number of nitrogens with one attached hydrogen (secondary N) is 1. The quantitative estimate of drug-likeness (QED) is 0.783. The van der Waals surface area contributed by atoms with Crippen LogP contribution in [0, 0.1) is 18.3 Å². The molecule has 0 radical (unpaired) electrons. The molecule has 0 amide bonds. The number of rotatable bonds is 2. The molecular formula is C14H17N7O2. The Morgan fingerprint density at radius 3 is 2.74 bits per heavy atom. The lowest BCUT2D eigenvalue weighted by Crippen LogP contribution is -2.42. The predicted octanol–water partition coefficient (Wildman–Crippen LogP) is -0.717. The van der Waals surface area contributed by atoms with Crippen LogP contribution < -0.4 is 16.6 Å². The fourth-order valence-electron chi connectivity index (χ4n) is 2.86. The smallest absolute Gasteiger partial charge is 0.332 e. The molecule has 1 N–H and O–H groups in total. The maximum absolute atomic E-state index is 12.1. The molecule has 3 heterocycles. The molecule has 0 saturated carbocycles. The molecule has 23 heavy (non-hydrogen) atoms. The lowest BCUT2D eigenvalue weighted by molar-refractivity contribution is 0.438. The van der Waals surface area contributed by atoms with Crippen molar-refractivity contribution in [2.75, 3.05) is 5.32 Å². The number of aryl methyl sites for hydroxylation is 2. The van der Waals surface area contributed by atoms with E-state index in [1.807, 2.05) is 17.7 Å². The monoisotopic (exact) mass is 315 g/mol. The van der Waals surface area contributed by atoms with Gasteiger partial charge in [-0.2, -0.15) is 10.4 Å². The number of nitriles is 1. The highest BCUT2D eigenvalue weighted by atomic mass is 16.2. The van der Waals surface area contributed by atoms with E-state index in [9.17, 15) is 14.9 Å². The van der Waals surface area contributed by atoms with Crippen molar-refractivity contribution in [1.82, 2.24) is 23.9 Å². The van der Waals surface area contributed by atoms with E-state index in [2.05, 4.69) is 15.4 Å². The van der Waals surface area contributed by atoms with E-state index in [1.165, 1.54) is 11.6 Å². The van der Waals surface area contributed by atoms with Crippen LogP contribution in [0.4, 0.5) is 5.82 Å². The second-order valence-corrected chi connectivity index (χ2v) is 5.68. The van der Waals surface area contributed by atoms with Crippen LogP contribution in [0.25, 0.3) is 0 Å². The Kier molecular flexibility index (Phi) is 3.52. The normalized spacial score (nSPS) is 16.7. The van der Waals surface area contributed by atoms with Crippen molar-refractivity contribution in [3.8, 4) is 6.07 Å². The summed E-state index contributed by atoms with van der Waals surface area (Å²) in [5.41, 5.74) is -1.12. The molecule has 9 nitrogen and oxygen atoms in total. The third-order valence-electron chi connectivity index (χ3n) is 4.08. The van der Waals surface area contributed by atoms with E-state index < -0.39 is 11.2 Å². The first-order valence-electron chi connectivity index (χ1n) is 7.29. The highest BCUT2D eigenvalue weighted by molar-refractivity contribution is 5.51. The minimum absolute atomic E-state index is 0.0339. The maximum Gasteiger partial charge on any atom is 0.332 e. The molecule has 0 aromatic carbocycles. The molecule has 0 fully saturated rings. The Morgan fingerprint density at radius 2 is 2.04 bits per heavy atom. The van der Waals surface area contributed by atoms with Gasteiger partial charge in [-0.25, -0.2) is 14.5 Å². The molecule has 2 aromatic heterocycles. The van der Waals surface area contributed by atoms with Crippen molar-refractivity contribution < 1.29 is 0 Å². The Hall–Kier alpha value is -2.89. The van der Waals surface area contributed by atoms with Crippen molar-refractivity contribution >= 4 is 5.82 Å². The number of nitrogens with zero attached hydrogens (tertiary/aromatic N) is 6. The van der Waals surface area contributed by atoms with E-state index in [0.29, 0.717) is 6.54 Å². The molecule has 0 unspecified atom stereocenters. The van der Waals surface area contributed by atoms with Crippen LogP contribution in [0.1, 0.15) is 23.6 Å². The fourth-order valence-corrected chi connectivity index (χ4v) is 2.86. The Labute approximate surface area is 131 Å². The zero-order valence-electron chi connectivity index (χ0n) is 13.2. The summed E-state index contributed by atoms with van der Waals surface area (Å²) < 4.78 is 4.05. The van der Waals surface area contributed by atoms with Crippen molar-refractivity contribution in [3.05, 3.63) is 38.1 Å². The van der Waals surface area contributed by atoms with Gasteiger partial charge in [0, 0.05) is 26.6 Å². The first-order chi connectivity index (χ1) is 10.9. The average molecular weight is 315 g/mol. The summed E-state index contributed by atoms with van der Waals surface area (Å²) in [5.74, 6) is 1.91. The number of anilines is 1. The van der Waals surface area contributed by atoms with Gasteiger partial charge < -0.3 is 5.32 Å². The highest BCUT2D eigenvalue weighted by Crippen LogP contribution is 2.18. The van der Waals surface area contributed by atoms with Gasteiger partial charge >= 0.3 is 5.69 Å². The molecule has 120 valence electrons. The number of hydrogen-bond donors (Lipinski definition) is 1. The van der Waals surface area contributed by atoms with Crippen molar-refractivity contribution in [2.45, 2.75) is 32.4 Å². The Morgan fingerprint density at radius 1 is 1.30 bits per heavy atom. The molecule has 0 bridgehead atoms. The minimum atomic E-state index is -0.591. The Bertz CT molecular complexity index is 928. The van der Waals surface area contributed by atoms with Gasteiger partial charge in [0.15, 0.2) is 5.56 Å². The summed E-state index contributed by atoms with van der Waals surface area (Å²) in [6, 6.07) is 1.86. The van der Waals surface area contributed by atoms with E-state index >= 15 is 0 Å². The van der Waals surface area contributed by atoms with E-state index in [1.54, 1.807) is 7.05 Å². The maximum atomic E-state index is 12.1. The van der Waals surface area contributed by atoms with Crippen molar-refractivity contribution in [2.24, 2.45) is 14.1 Å². The third-order valence-corrected chi connectivity index (χ3v) is 4.08. The first-order valence-corrected chi connectivity index (χ1v) is 7.29. The largest absolute Gasteiger partial charge is 0.365 e. The van der Waals surface area contributed by atoms with E-state index in [-0.39, 0.29) is 17.4 Å². The van der Waals surface area contributed by atoms with Gasteiger partial charge in [0.05, 0.1) is 6.54 Å². The average Bonchev–Trinajstić information content (AvgIpc) is 2.90. The SMILES string of the molecule is Cc1nc2n(n1)C[C@H](Nc1c(C#N)c(=O)n(C)c(=O)n1C)CC2.